The maximum atomic E-state index is 12.9. The van der Waals surface area contributed by atoms with Gasteiger partial charge in [-0.05, 0) is 49.8 Å². The van der Waals surface area contributed by atoms with Crippen LogP contribution in [0.2, 0.25) is 0 Å². The quantitative estimate of drug-likeness (QED) is 0.434. The Morgan fingerprint density at radius 1 is 1.27 bits per heavy atom. The molecular formula is C24H24ClNO3S. The molecule has 0 saturated carbocycles. The number of benzene rings is 2. The number of hydrogen-bond donors (Lipinski definition) is 0. The molecule has 0 spiro atoms. The molecule has 0 bridgehead atoms. The van der Waals surface area contributed by atoms with E-state index >= 15 is 0 Å². The van der Waals surface area contributed by atoms with E-state index in [0.717, 1.165) is 43.8 Å². The van der Waals surface area contributed by atoms with Crippen molar-refractivity contribution in [3.05, 3.63) is 64.0 Å². The summed E-state index contributed by atoms with van der Waals surface area (Å²) < 4.78 is 12.9. The smallest absolute Gasteiger partial charge is 0.415 e. The molecular weight excluding hydrogens is 418 g/mol. The summed E-state index contributed by atoms with van der Waals surface area (Å²) in [4.78, 5) is 14.6. The van der Waals surface area contributed by atoms with E-state index in [1.165, 1.54) is 0 Å². The maximum absolute atomic E-state index is 12.9. The summed E-state index contributed by atoms with van der Waals surface area (Å²) in [6, 6.07) is 12.0. The van der Waals surface area contributed by atoms with Crippen LogP contribution in [0.25, 0.3) is 15.7 Å². The highest BCUT2D eigenvalue weighted by Gasteiger charge is 2.34. The minimum Gasteiger partial charge on any atom is -0.487 e. The third kappa shape index (κ3) is 3.92. The van der Waals surface area contributed by atoms with Crippen LogP contribution in [0.3, 0.4) is 0 Å². The number of carbonyl (C=O) groups is 1. The predicted molar refractivity (Wildman–Crippen MR) is 125 cm³/mol. The summed E-state index contributed by atoms with van der Waals surface area (Å²) in [5.41, 5.74) is 5.86. The van der Waals surface area contributed by atoms with Crippen LogP contribution in [0.5, 0.6) is 5.75 Å². The summed E-state index contributed by atoms with van der Waals surface area (Å²) in [6.07, 6.45) is -0.390. The first-order chi connectivity index (χ1) is 14.3. The Morgan fingerprint density at radius 3 is 2.67 bits per heavy atom. The SMILES string of the molecule is Cc1csc2c(OCc3ccccc3)cc3c(c12)/C(=C\Cl)CN3C(=O)OC(C)(C)C. The molecule has 1 aliphatic heterocycles. The summed E-state index contributed by atoms with van der Waals surface area (Å²) in [6.45, 7) is 8.49. The minimum atomic E-state index is -0.584. The number of fused-ring (bicyclic) bond motifs is 3. The summed E-state index contributed by atoms with van der Waals surface area (Å²) >= 11 is 7.81. The van der Waals surface area contributed by atoms with Crippen LogP contribution in [-0.2, 0) is 11.3 Å². The van der Waals surface area contributed by atoms with Crippen LogP contribution in [-0.4, -0.2) is 18.2 Å². The zero-order valence-electron chi connectivity index (χ0n) is 17.5. The largest absolute Gasteiger partial charge is 0.487 e. The topological polar surface area (TPSA) is 38.8 Å². The second-order valence-electron chi connectivity index (χ2n) is 8.37. The van der Waals surface area contributed by atoms with Gasteiger partial charge in [-0.1, -0.05) is 41.9 Å². The van der Waals surface area contributed by atoms with Crippen molar-refractivity contribution in [3.63, 3.8) is 0 Å². The van der Waals surface area contributed by atoms with E-state index in [9.17, 15) is 4.79 Å². The zero-order chi connectivity index (χ0) is 21.5. The molecule has 0 fully saturated rings. The molecule has 0 saturated heterocycles. The van der Waals surface area contributed by atoms with E-state index in [1.54, 1.807) is 21.8 Å². The Bertz CT molecular complexity index is 1130. The lowest BCUT2D eigenvalue weighted by Gasteiger charge is -2.25. The molecule has 0 unspecified atom stereocenters. The monoisotopic (exact) mass is 441 g/mol. The van der Waals surface area contributed by atoms with Crippen LogP contribution in [0.4, 0.5) is 10.5 Å². The second-order valence-corrected chi connectivity index (χ2v) is 9.46. The molecule has 1 aromatic heterocycles. The summed E-state index contributed by atoms with van der Waals surface area (Å²) in [7, 11) is 0. The Kier molecular flexibility index (Phi) is 5.51. The lowest BCUT2D eigenvalue weighted by atomic mass is 10.0. The molecule has 0 N–H and O–H groups in total. The normalized spacial score (nSPS) is 15.0. The average Bonchev–Trinajstić information content (AvgIpc) is 3.26. The highest BCUT2D eigenvalue weighted by atomic mass is 35.5. The molecule has 30 heavy (non-hydrogen) atoms. The van der Waals surface area contributed by atoms with Crippen molar-refractivity contribution < 1.29 is 14.3 Å². The number of amides is 1. The molecule has 3 aromatic rings. The van der Waals surface area contributed by atoms with E-state index < -0.39 is 11.7 Å². The minimum absolute atomic E-state index is 0.375. The van der Waals surface area contributed by atoms with Gasteiger partial charge in [0.2, 0.25) is 0 Å². The van der Waals surface area contributed by atoms with Gasteiger partial charge < -0.3 is 9.47 Å². The lowest BCUT2D eigenvalue weighted by Crippen LogP contribution is -2.35. The van der Waals surface area contributed by atoms with Gasteiger partial charge in [0.25, 0.3) is 0 Å². The van der Waals surface area contributed by atoms with Crippen LogP contribution in [0, 0.1) is 6.92 Å². The van der Waals surface area contributed by atoms with Crippen LogP contribution in [0.1, 0.15) is 37.5 Å². The zero-order valence-corrected chi connectivity index (χ0v) is 19.1. The second kappa shape index (κ2) is 7.97. The third-order valence-corrected chi connectivity index (χ3v) is 6.27. The van der Waals surface area contributed by atoms with Gasteiger partial charge in [-0.3, -0.25) is 4.90 Å². The third-order valence-electron chi connectivity index (χ3n) is 4.90. The van der Waals surface area contributed by atoms with Gasteiger partial charge in [0, 0.05) is 22.6 Å². The van der Waals surface area contributed by atoms with E-state index in [-0.39, 0.29) is 0 Å². The molecule has 1 amide bonds. The summed E-state index contributed by atoms with van der Waals surface area (Å²) in [5.74, 6) is 0.759. The number of carbonyl (C=O) groups excluding carboxylic acids is 1. The first-order valence-electron chi connectivity index (χ1n) is 9.80. The number of rotatable bonds is 3. The van der Waals surface area contributed by atoms with Crippen LogP contribution in [0.15, 0.2) is 47.3 Å². The van der Waals surface area contributed by atoms with Crippen molar-refractivity contribution in [2.24, 2.45) is 0 Å². The molecule has 0 aliphatic carbocycles. The molecule has 4 nitrogen and oxygen atoms in total. The fourth-order valence-electron chi connectivity index (χ4n) is 3.61. The van der Waals surface area contributed by atoms with Gasteiger partial charge in [0.15, 0.2) is 0 Å². The Balaban J connectivity index is 1.80. The maximum Gasteiger partial charge on any atom is 0.415 e. The summed E-state index contributed by atoms with van der Waals surface area (Å²) in [5, 5.41) is 3.20. The Labute approximate surface area is 185 Å². The fraction of sp³-hybridized carbons (Fsp3) is 0.292. The van der Waals surface area contributed by atoms with Crippen molar-refractivity contribution in [1.82, 2.24) is 0 Å². The average molecular weight is 442 g/mol. The molecule has 156 valence electrons. The number of thiophene rings is 1. The van der Waals surface area contributed by atoms with Gasteiger partial charge in [-0.25, -0.2) is 4.79 Å². The highest BCUT2D eigenvalue weighted by molar-refractivity contribution is 7.17. The van der Waals surface area contributed by atoms with Gasteiger partial charge in [0.1, 0.15) is 18.0 Å². The van der Waals surface area contributed by atoms with Crippen molar-refractivity contribution in [1.29, 1.82) is 0 Å². The number of ether oxygens (including phenoxy) is 2. The first kappa shape index (κ1) is 20.8. The molecule has 6 heteroatoms. The van der Waals surface area contributed by atoms with Gasteiger partial charge in [-0.15, -0.1) is 11.3 Å². The lowest BCUT2D eigenvalue weighted by molar-refractivity contribution is 0.0586. The number of aryl methyl sites for hydroxylation is 1. The van der Waals surface area contributed by atoms with Crippen LogP contribution < -0.4 is 9.64 Å². The Hall–Kier alpha value is -2.50. The van der Waals surface area contributed by atoms with Crippen molar-refractivity contribution in [3.8, 4) is 5.75 Å². The van der Waals surface area contributed by atoms with Gasteiger partial charge >= 0.3 is 6.09 Å². The molecule has 2 heterocycles. The molecule has 4 rings (SSSR count). The first-order valence-corrected chi connectivity index (χ1v) is 11.1. The number of halogens is 1. The fourth-order valence-corrected chi connectivity index (χ4v) is 4.82. The molecule has 0 radical (unpaired) electrons. The van der Waals surface area contributed by atoms with Crippen molar-refractivity contribution in [2.45, 2.75) is 39.9 Å². The van der Waals surface area contributed by atoms with Gasteiger partial charge in [0.05, 0.1) is 16.9 Å². The highest BCUT2D eigenvalue weighted by Crippen LogP contribution is 2.48. The van der Waals surface area contributed by atoms with E-state index in [4.69, 9.17) is 21.1 Å². The molecule has 1 aliphatic rings. The Morgan fingerprint density at radius 2 is 2.00 bits per heavy atom. The van der Waals surface area contributed by atoms with E-state index in [0.29, 0.717) is 13.2 Å². The van der Waals surface area contributed by atoms with Crippen LogP contribution >= 0.6 is 22.9 Å². The van der Waals surface area contributed by atoms with Gasteiger partial charge in [-0.2, -0.15) is 0 Å². The number of nitrogens with zero attached hydrogens (tertiary/aromatic N) is 1. The van der Waals surface area contributed by atoms with Crippen molar-refractivity contribution >= 4 is 50.4 Å². The number of anilines is 1. The van der Waals surface area contributed by atoms with E-state index in [2.05, 4.69) is 12.3 Å². The molecule has 0 atom stereocenters. The van der Waals surface area contributed by atoms with Crippen molar-refractivity contribution in [2.75, 3.05) is 11.4 Å². The predicted octanol–water partition coefficient (Wildman–Crippen LogP) is 7.12. The standard InChI is InChI=1S/C24H24ClNO3S/c1-15-14-30-22-19(28-13-16-8-6-5-7-9-16)10-18-21(20(15)22)17(11-25)12-26(18)23(27)29-24(2,3)4/h5-11,14H,12-13H2,1-4H3/b17-11-. The number of hydrogen-bond acceptors (Lipinski definition) is 4. The van der Waals surface area contributed by atoms with E-state index in [1.807, 2.05) is 57.2 Å². The molecule has 2 aromatic carbocycles.